The summed E-state index contributed by atoms with van der Waals surface area (Å²) in [4.78, 5) is 11.4. The largest absolute Gasteiger partial charge is 0.398 e. The maximum absolute atomic E-state index is 12.5. The normalized spacial score (nSPS) is 20.8. The highest BCUT2D eigenvalue weighted by Crippen LogP contribution is 2.27. The van der Waals surface area contributed by atoms with Gasteiger partial charge >= 0.3 is 0 Å². The molecule has 0 bridgehead atoms. The van der Waals surface area contributed by atoms with Gasteiger partial charge in [0.05, 0.1) is 10.8 Å². The third-order valence-electron chi connectivity index (χ3n) is 3.40. The molecule has 0 saturated carbocycles. The molecule has 0 aliphatic carbocycles. The molecular formula is C12H16BrN3O3S. The van der Waals surface area contributed by atoms with Crippen LogP contribution in [0.2, 0.25) is 0 Å². The molecule has 1 aliphatic heterocycles. The highest BCUT2D eigenvalue weighted by Gasteiger charge is 2.32. The van der Waals surface area contributed by atoms with Crippen molar-refractivity contribution in [2.75, 3.05) is 18.8 Å². The highest BCUT2D eigenvalue weighted by molar-refractivity contribution is 9.10. The van der Waals surface area contributed by atoms with Gasteiger partial charge in [-0.15, -0.1) is 0 Å². The average molecular weight is 362 g/mol. The van der Waals surface area contributed by atoms with Crippen molar-refractivity contribution in [3.63, 3.8) is 0 Å². The number of benzene rings is 1. The van der Waals surface area contributed by atoms with Crippen LogP contribution in [0, 0.1) is 5.92 Å². The molecule has 1 fully saturated rings. The molecule has 4 N–H and O–H groups in total. The summed E-state index contributed by atoms with van der Waals surface area (Å²) in [5.41, 5.74) is 11.4. The Morgan fingerprint density at radius 3 is 2.70 bits per heavy atom. The van der Waals surface area contributed by atoms with Gasteiger partial charge in [0.2, 0.25) is 15.9 Å². The maximum Gasteiger partial charge on any atom is 0.243 e. The van der Waals surface area contributed by atoms with E-state index in [1.54, 1.807) is 0 Å². The minimum Gasteiger partial charge on any atom is -0.398 e. The van der Waals surface area contributed by atoms with Crippen LogP contribution in [0.3, 0.4) is 0 Å². The zero-order valence-electron chi connectivity index (χ0n) is 10.8. The van der Waals surface area contributed by atoms with Crippen LogP contribution >= 0.6 is 15.9 Å². The summed E-state index contributed by atoms with van der Waals surface area (Å²) in [5.74, 6) is -0.876. The van der Waals surface area contributed by atoms with E-state index >= 15 is 0 Å². The Morgan fingerprint density at radius 1 is 1.40 bits per heavy atom. The second kappa shape index (κ2) is 5.71. The van der Waals surface area contributed by atoms with Crippen LogP contribution in [0.5, 0.6) is 0 Å². The second-order valence-electron chi connectivity index (χ2n) is 4.79. The first-order valence-corrected chi connectivity index (χ1v) is 8.40. The molecule has 0 spiro atoms. The first-order chi connectivity index (χ1) is 9.32. The van der Waals surface area contributed by atoms with E-state index in [0.29, 0.717) is 29.5 Å². The summed E-state index contributed by atoms with van der Waals surface area (Å²) in [6, 6.07) is 4.47. The molecule has 1 saturated heterocycles. The standard InChI is InChI=1S/C12H16BrN3O3S/c13-10-6-9(3-4-11(10)14)20(18,19)16-5-1-2-8(7-16)12(15)17/h3-4,6,8H,1-2,5,7,14H2,(H2,15,17). The highest BCUT2D eigenvalue weighted by atomic mass is 79.9. The molecule has 1 aromatic rings. The van der Waals surface area contributed by atoms with Gasteiger partial charge in [0.25, 0.3) is 0 Å². The number of nitrogen functional groups attached to an aromatic ring is 1. The molecule has 20 heavy (non-hydrogen) atoms. The van der Waals surface area contributed by atoms with Crippen LogP contribution in [-0.2, 0) is 14.8 Å². The summed E-state index contributed by atoms with van der Waals surface area (Å²) >= 11 is 3.22. The van der Waals surface area contributed by atoms with E-state index in [9.17, 15) is 13.2 Å². The van der Waals surface area contributed by atoms with Gasteiger partial charge in [-0.3, -0.25) is 4.79 Å². The first-order valence-electron chi connectivity index (χ1n) is 6.17. The number of rotatable bonds is 3. The first kappa shape index (κ1) is 15.3. The lowest BCUT2D eigenvalue weighted by Crippen LogP contribution is -2.44. The molecule has 6 nitrogen and oxygen atoms in total. The lowest BCUT2D eigenvalue weighted by Gasteiger charge is -2.30. The number of carbonyl (C=O) groups excluding carboxylic acids is 1. The third kappa shape index (κ3) is 2.97. The monoisotopic (exact) mass is 361 g/mol. The molecule has 1 aliphatic rings. The fraction of sp³-hybridized carbons (Fsp3) is 0.417. The Balaban J connectivity index is 2.29. The van der Waals surface area contributed by atoms with Crippen molar-refractivity contribution in [1.82, 2.24) is 4.31 Å². The van der Waals surface area contributed by atoms with Crippen molar-refractivity contribution in [3.8, 4) is 0 Å². The van der Waals surface area contributed by atoms with Gasteiger partial charge < -0.3 is 11.5 Å². The van der Waals surface area contributed by atoms with E-state index in [1.165, 1.54) is 22.5 Å². The zero-order chi connectivity index (χ0) is 14.9. The molecule has 110 valence electrons. The van der Waals surface area contributed by atoms with E-state index in [1.807, 2.05) is 0 Å². The number of sulfonamides is 1. The summed E-state index contributed by atoms with van der Waals surface area (Å²) in [6.07, 6.45) is 1.26. The van der Waals surface area contributed by atoms with Crippen molar-refractivity contribution in [2.45, 2.75) is 17.7 Å². The lowest BCUT2D eigenvalue weighted by molar-refractivity contribution is -0.122. The number of carbonyl (C=O) groups is 1. The second-order valence-corrected chi connectivity index (χ2v) is 7.58. The molecule has 1 heterocycles. The molecule has 1 amide bonds. The molecule has 8 heteroatoms. The van der Waals surface area contributed by atoms with Crippen molar-refractivity contribution in [3.05, 3.63) is 22.7 Å². The Kier molecular flexibility index (Phi) is 4.36. The summed E-state index contributed by atoms with van der Waals surface area (Å²) < 4.78 is 26.9. The van der Waals surface area contributed by atoms with E-state index in [-0.39, 0.29) is 11.4 Å². The summed E-state index contributed by atoms with van der Waals surface area (Å²) in [7, 11) is -3.63. The van der Waals surface area contributed by atoms with Gasteiger partial charge in [-0.25, -0.2) is 8.42 Å². The molecule has 1 aromatic carbocycles. The quantitative estimate of drug-likeness (QED) is 0.780. The number of nitrogens with zero attached hydrogens (tertiary/aromatic N) is 1. The summed E-state index contributed by atoms with van der Waals surface area (Å²) in [6.45, 7) is 0.535. The average Bonchev–Trinajstić information content (AvgIpc) is 2.42. The van der Waals surface area contributed by atoms with Gasteiger partial charge in [-0.1, -0.05) is 0 Å². The molecule has 1 atom stereocenters. The van der Waals surface area contributed by atoms with Crippen molar-refractivity contribution in [1.29, 1.82) is 0 Å². The van der Waals surface area contributed by atoms with Crippen LogP contribution in [0.25, 0.3) is 0 Å². The molecule has 1 unspecified atom stereocenters. The van der Waals surface area contributed by atoms with Crippen LogP contribution in [0.1, 0.15) is 12.8 Å². The van der Waals surface area contributed by atoms with Gasteiger partial charge in [0.15, 0.2) is 0 Å². The number of hydrogen-bond acceptors (Lipinski definition) is 4. The summed E-state index contributed by atoms with van der Waals surface area (Å²) in [5, 5.41) is 0. The number of anilines is 1. The smallest absolute Gasteiger partial charge is 0.243 e. The molecule has 2 rings (SSSR count). The van der Waals surface area contributed by atoms with Crippen molar-refractivity contribution in [2.24, 2.45) is 11.7 Å². The van der Waals surface area contributed by atoms with E-state index < -0.39 is 21.8 Å². The van der Waals surface area contributed by atoms with Gasteiger partial charge in [0, 0.05) is 23.2 Å². The number of nitrogens with two attached hydrogens (primary N) is 2. The number of piperidine rings is 1. The minimum atomic E-state index is -3.63. The van der Waals surface area contributed by atoms with E-state index in [2.05, 4.69) is 15.9 Å². The molecule has 0 radical (unpaired) electrons. The Hall–Kier alpha value is -1.12. The number of hydrogen-bond donors (Lipinski definition) is 2. The van der Waals surface area contributed by atoms with Crippen LogP contribution < -0.4 is 11.5 Å². The zero-order valence-corrected chi connectivity index (χ0v) is 13.2. The number of primary amides is 1. The Labute approximate surface area is 126 Å². The predicted octanol–water partition coefficient (Wildman–Crippen LogP) is 0.917. The third-order valence-corrected chi connectivity index (χ3v) is 5.94. The fourth-order valence-electron chi connectivity index (χ4n) is 2.21. The van der Waals surface area contributed by atoms with Crippen molar-refractivity contribution >= 4 is 37.5 Å². The van der Waals surface area contributed by atoms with Gasteiger partial charge in [0.1, 0.15) is 0 Å². The van der Waals surface area contributed by atoms with Crippen molar-refractivity contribution < 1.29 is 13.2 Å². The van der Waals surface area contributed by atoms with E-state index in [0.717, 1.165) is 0 Å². The lowest BCUT2D eigenvalue weighted by atomic mass is 9.99. The van der Waals surface area contributed by atoms with Gasteiger partial charge in [-0.05, 0) is 47.0 Å². The number of halogens is 1. The van der Waals surface area contributed by atoms with E-state index in [4.69, 9.17) is 11.5 Å². The predicted molar refractivity (Wildman–Crippen MR) is 79.2 cm³/mol. The Bertz CT molecular complexity index is 633. The van der Waals surface area contributed by atoms with Crippen LogP contribution in [0.4, 0.5) is 5.69 Å². The maximum atomic E-state index is 12.5. The molecular weight excluding hydrogens is 346 g/mol. The SMILES string of the molecule is NC(=O)C1CCCN(S(=O)(=O)c2ccc(N)c(Br)c2)C1. The minimum absolute atomic E-state index is 0.139. The Morgan fingerprint density at radius 2 is 2.10 bits per heavy atom. The number of amides is 1. The molecule has 0 aromatic heterocycles. The van der Waals surface area contributed by atoms with Gasteiger partial charge in [-0.2, -0.15) is 4.31 Å². The topological polar surface area (TPSA) is 106 Å². The fourth-order valence-corrected chi connectivity index (χ4v) is 4.29. The van der Waals surface area contributed by atoms with Crippen LogP contribution in [-0.4, -0.2) is 31.7 Å². The van der Waals surface area contributed by atoms with Crippen LogP contribution in [0.15, 0.2) is 27.6 Å².